The van der Waals surface area contributed by atoms with Gasteiger partial charge in [0.05, 0.1) is 0 Å². The zero-order chi connectivity index (χ0) is 6.08. The van der Waals surface area contributed by atoms with Crippen LogP contribution in [0, 0.1) is 12.8 Å². The van der Waals surface area contributed by atoms with Gasteiger partial charge in [-0.3, -0.25) is 0 Å². The average molecular weight is 103 g/mol. The van der Waals surface area contributed by atoms with Crippen molar-refractivity contribution in [1.29, 1.82) is 0 Å². The van der Waals surface area contributed by atoms with Crippen molar-refractivity contribution in [2.24, 2.45) is 5.92 Å². The highest BCUT2D eigenvalue weighted by molar-refractivity contribution is 4.74. The van der Waals surface area contributed by atoms with Gasteiger partial charge in [0.2, 0.25) is 0 Å². The highest BCUT2D eigenvalue weighted by Crippen LogP contribution is 2.18. The van der Waals surface area contributed by atoms with Gasteiger partial charge in [-0.2, -0.15) is 0 Å². The van der Waals surface area contributed by atoms with E-state index < -0.39 is 5.67 Å². The van der Waals surface area contributed by atoms with Crippen molar-refractivity contribution in [3.8, 4) is 0 Å². The third kappa shape index (κ3) is 2.60. The van der Waals surface area contributed by atoms with Gasteiger partial charge >= 0.3 is 0 Å². The van der Waals surface area contributed by atoms with Crippen LogP contribution in [-0.2, 0) is 0 Å². The molecule has 0 N–H and O–H groups in total. The van der Waals surface area contributed by atoms with E-state index in [1.54, 1.807) is 6.92 Å². The molecular weight excluding hydrogens is 91.1 g/mol. The largest absolute Gasteiger partial charge is 0.244 e. The Kier molecular flexibility index (Phi) is 1.79. The molecule has 0 rings (SSSR count). The van der Waals surface area contributed by atoms with Gasteiger partial charge in [-0.1, -0.05) is 6.92 Å². The van der Waals surface area contributed by atoms with Gasteiger partial charge in [-0.05, 0) is 26.7 Å². The highest BCUT2D eigenvalue weighted by Gasteiger charge is 2.19. The molecule has 0 spiro atoms. The van der Waals surface area contributed by atoms with E-state index in [-0.39, 0.29) is 5.92 Å². The summed E-state index contributed by atoms with van der Waals surface area (Å²) in [4.78, 5) is 0. The monoisotopic (exact) mass is 103 g/mol. The van der Waals surface area contributed by atoms with Gasteiger partial charge in [0.15, 0.2) is 0 Å². The van der Waals surface area contributed by atoms with Crippen molar-refractivity contribution < 1.29 is 4.39 Å². The third-order valence-corrected chi connectivity index (χ3v) is 1.17. The van der Waals surface area contributed by atoms with E-state index in [0.717, 1.165) is 0 Å². The minimum atomic E-state index is -1.11. The zero-order valence-corrected chi connectivity index (χ0v) is 5.16. The SMILES string of the molecule is [CH2]C(C)C(C)(C)F. The molecule has 7 heavy (non-hydrogen) atoms. The Morgan fingerprint density at radius 3 is 1.71 bits per heavy atom. The molecule has 0 aromatic rings. The molecule has 43 valence electrons. The standard InChI is InChI=1S/C6H12F/c1-5(2)6(3,4)7/h5H,1H2,2-4H3. The number of rotatable bonds is 1. The Hall–Kier alpha value is -0.0700. The van der Waals surface area contributed by atoms with Crippen molar-refractivity contribution in [3.63, 3.8) is 0 Å². The topological polar surface area (TPSA) is 0 Å². The second-order valence-corrected chi connectivity index (χ2v) is 2.47. The fraction of sp³-hybridized carbons (Fsp3) is 0.833. The van der Waals surface area contributed by atoms with Crippen LogP contribution in [0.2, 0.25) is 0 Å². The van der Waals surface area contributed by atoms with Crippen LogP contribution in [0.3, 0.4) is 0 Å². The summed E-state index contributed by atoms with van der Waals surface area (Å²) in [6, 6.07) is 0. The molecule has 1 radical (unpaired) electrons. The number of halogens is 1. The molecule has 1 atom stereocenters. The van der Waals surface area contributed by atoms with Crippen LogP contribution in [-0.4, -0.2) is 5.67 Å². The lowest BCUT2D eigenvalue weighted by Gasteiger charge is -2.17. The fourth-order valence-corrected chi connectivity index (χ4v) is 0. The first kappa shape index (κ1) is 6.93. The van der Waals surface area contributed by atoms with Crippen molar-refractivity contribution in [3.05, 3.63) is 6.92 Å². The van der Waals surface area contributed by atoms with E-state index in [0.29, 0.717) is 0 Å². The fourth-order valence-electron chi connectivity index (χ4n) is 0. The van der Waals surface area contributed by atoms with Crippen molar-refractivity contribution in [2.45, 2.75) is 26.4 Å². The lowest BCUT2D eigenvalue weighted by molar-refractivity contribution is 0.163. The van der Waals surface area contributed by atoms with E-state index in [1.165, 1.54) is 13.8 Å². The van der Waals surface area contributed by atoms with Gasteiger partial charge in [-0.15, -0.1) is 0 Å². The summed E-state index contributed by atoms with van der Waals surface area (Å²) in [6.07, 6.45) is 0. The number of alkyl halides is 1. The molecule has 0 fully saturated rings. The van der Waals surface area contributed by atoms with Gasteiger partial charge in [0.25, 0.3) is 0 Å². The molecule has 0 aliphatic heterocycles. The maximum Gasteiger partial charge on any atom is 0.108 e. The smallest absolute Gasteiger partial charge is 0.108 e. The van der Waals surface area contributed by atoms with E-state index in [1.807, 2.05) is 0 Å². The summed E-state index contributed by atoms with van der Waals surface area (Å²) in [5.41, 5.74) is -1.11. The zero-order valence-electron chi connectivity index (χ0n) is 5.16. The molecular formula is C6H12F. The molecule has 1 heteroatoms. The lowest BCUT2D eigenvalue weighted by Crippen LogP contribution is -2.19. The van der Waals surface area contributed by atoms with Gasteiger partial charge in [0.1, 0.15) is 5.67 Å². The number of hydrogen-bond donors (Lipinski definition) is 0. The molecule has 0 saturated heterocycles. The minimum Gasteiger partial charge on any atom is -0.244 e. The molecule has 0 nitrogen and oxygen atoms in total. The molecule has 0 amide bonds. The molecule has 0 aromatic carbocycles. The van der Waals surface area contributed by atoms with Gasteiger partial charge in [-0.25, -0.2) is 4.39 Å². The van der Waals surface area contributed by atoms with Crippen LogP contribution in [0.25, 0.3) is 0 Å². The molecule has 0 aromatic heterocycles. The first-order valence-corrected chi connectivity index (χ1v) is 2.46. The van der Waals surface area contributed by atoms with Gasteiger partial charge in [0, 0.05) is 0 Å². The van der Waals surface area contributed by atoms with E-state index in [2.05, 4.69) is 6.92 Å². The summed E-state index contributed by atoms with van der Waals surface area (Å²) < 4.78 is 12.4. The maximum absolute atomic E-state index is 12.4. The van der Waals surface area contributed by atoms with E-state index in [4.69, 9.17) is 0 Å². The quantitative estimate of drug-likeness (QED) is 0.477. The Morgan fingerprint density at radius 2 is 1.71 bits per heavy atom. The van der Waals surface area contributed by atoms with Gasteiger partial charge < -0.3 is 0 Å². The second-order valence-electron chi connectivity index (χ2n) is 2.47. The predicted octanol–water partition coefficient (Wildman–Crippen LogP) is 2.20. The van der Waals surface area contributed by atoms with Crippen LogP contribution in [0.1, 0.15) is 20.8 Å². The molecule has 0 saturated carbocycles. The Labute approximate surface area is 44.7 Å². The van der Waals surface area contributed by atoms with E-state index in [9.17, 15) is 4.39 Å². The summed E-state index contributed by atoms with van der Waals surface area (Å²) >= 11 is 0. The minimum absolute atomic E-state index is 0.118. The summed E-state index contributed by atoms with van der Waals surface area (Å²) in [6.45, 7) is 8.36. The Balaban J connectivity index is 3.54. The highest BCUT2D eigenvalue weighted by atomic mass is 19.1. The normalized spacial score (nSPS) is 12.9. The predicted molar refractivity (Wildman–Crippen MR) is 29.7 cm³/mol. The van der Waals surface area contributed by atoms with Crippen molar-refractivity contribution >= 4 is 0 Å². The van der Waals surface area contributed by atoms with Crippen LogP contribution in [0.15, 0.2) is 0 Å². The molecule has 0 aliphatic carbocycles. The Morgan fingerprint density at radius 1 is 1.57 bits per heavy atom. The van der Waals surface area contributed by atoms with Crippen LogP contribution in [0.5, 0.6) is 0 Å². The molecule has 1 unspecified atom stereocenters. The summed E-state index contributed by atoms with van der Waals surface area (Å²) in [5, 5.41) is 0. The lowest BCUT2D eigenvalue weighted by atomic mass is 9.97. The average Bonchev–Trinajstić information content (AvgIpc) is 1.31. The molecule has 0 aliphatic rings. The second kappa shape index (κ2) is 1.81. The molecule has 0 heterocycles. The molecule has 0 bridgehead atoms. The summed E-state index contributed by atoms with van der Waals surface area (Å²) in [5.74, 6) is -0.118. The Bertz CT molecular complexity index is 49.7. The van der Waals surface area contributed by atoms with Crippen LogP contribution in [0.4, 0.5) is 4.39 Å². The first-order chi connectivity index (χ1) is 2.94. The third-order valence-electron chi connectivity index (χ3n) is 1.17. The maximum atomic E-state index is 12.4. The summed E-state index contributed by atoms with van der Waals surface area (Å²) in [7, 11) is 0. The van der Waals surface area contributed by atoms with Crippen LogP contribution >= 0.6 is 0 Å². The van der Waals surface area contributed by atoms with Crippen molar-refractivity contribution in [1.82, 2.24) is 0 Å². The van der Waals surface area contributed by atoms with E-state index >= 15 is 0 Å². The van der Waals surface area contributed by atoms with Crippen LogP contribution < -0.4 is 0 Å². The number of hydrogen-bond acceptors (Lipinski definition) is 0. The van der Waals surface area contributed by atoms with Crippen molar-refractivity contribution in [2.75, 3.05) is 0 Å². The first-order valence-electron chi connectivity index (χ1n) is 2.46.